The average molecular weight is 455 g/mol. The second-order valence-corrected chi connectivity index (χ2v) is 10.4. The number of H-pyrrole nitrogens is 1. The fourth-order valence-corrected chi connectivity index (χ4v) is 6.51. The van der Waals surface area contributed by atoms with Gasteiger partial charge in [0.25, 0.3) is 0 Å². The van der Waals surface area contributed by atoms with Gasteiger partial charge in [0.1, 0.15) is 5.75 Å². The topological polar surface area (TPSA) is 62.4 Å². The van der Waals surface area contributed by atoms with Crippen molar-refractivity contribution in [1.82, 2.24) is 9.88 Å². The number of carbonyl (C=O) groups is 1. The monoisotopic (exact) mass is 454 g/mol. The van der Waals surface area contributed by atoms with Gasteiger partial charge in [0, 0.05) is 35.6 Å². The smallest absolute Gasteiger partial charge is 0.394 e. The third-order valence-corrected chi connectivity index (χ3v) is 7.94. The first-order valence-electron chi connectivity index (χ1n) is 10.8. The molecule has 1 N–H and O–H groups in total. The quantitative estimate of drug-likeness (QED) is 0.691. The minimum atomic E-state index is -4.94. The summed E-state index contributed by atoms with van der Waals surface area (Å²) in [4.78, 5) is 18.5. The van der Waals surface area contributed by atoms with Gasteiger partial charge >= 0.3 is 16.6 Å². The number of hydrogen-bond donors (Lipinski definition) is 1. The number of piperidine rings is 2. The van der Waals surface area contributed by atoms with E-state index in [1.807, 2.05) is 6.92 Å². The molecule has 3 heterocycles. The molecule has 1 amide bonds. The van der Waals surface area contributed by atoms with E-state index in [0.717, 1.165) is 48.6 Å². The Morgan fingerprint density at radius 3 is 2.45 bits per heavy atom. The first-order valence-corrected chi connectivity index (χ1v) is 11.9. The molecule has 0 spiro atoms. The van der Waals surface area contributed by atoms with E-state index in [1.165, 1.54) is 18.6 Å². The molecule has 2 saturated carbocycles. The van der Waals surface area contributed by atoms with Gasteiger partial charge in [-0.1, -0.05) is 6.92 Å². The Morgan fingerprint density at radius 1 is 1.19 bits per heavy atom. The van der Waals surface area contributed by atoms with Crippen molar-refractivity contribution in [3.05, 3.63) is 30.0 Å². The van der Waals surface area contributed by atoms with Crippen LogP contribution in [0.4, 0.5) is 13.2 Å². The third-order valence-electron chi connectivity index (χ3n) is 7.22. The number of alkyl halides is 3. The predicted octanol–water partition coefficient (Wildman–Crippen LogP) is 5.01. The highest BCUT2D eigenvalue weighted by atomic mass is 32.2. The van der Waals surface area contributed by atoms with Crippen molar-refractivity contribution < 1.29 is 26.4 Å². The number of aromatic nitrogens is 1. The maximum atomic E-state index is 13.2. The van der Waals surface area contributed by atoms with E-state index in [4.69, 9.17) is 0 Å². The molecule has 4 bridgehead atoms. The Hall–Kier alpha value is -2.03. The van der Waals surface area contributed by atoms with Gasteiger partial charge in [-0.25, -0.2) is 4.21 Å². The molecular weight excluding hydrogens is 429 g/mol. The summed E-state index contributed by atoms with van der Waals surface area (Å²) in [6, 6.07) is 5.14. The van der Waals surface area contributed by atoms with Crippen LogP contribution in [0.25, 0.3) is 10.9 Å². The van der Waals surface area contributed by atoms with Crippen LogP contribution in [0.15, 0.2) is 24.4 Å². The van der Waals surface area contributed by atoms with E-state index >= 15 is 0 Å². The Bertz CT molecular complexity index is 1010. The summed E-state index contributed by atoms with van der Waals surface area (Å²) in [6.07, 6.45) is 7.96. The molecule has 2 saturated heterocycles. The second-order valence-electron chi connectivity index (χ2n) is 9.34. The van der Waals surface area contributed by atoms with Crippen LogP contribution in [0, 0.1) is 11.8 Å². The number of rotatable bonds is 5. The van der Waals surface area contributed by atoms with Crippen molar-refractivity contribution in [2.45, 2.75) is 69.0 Å². The molecule has 2 unspecified atom stereocenters. The van der Waals surface area contributed by atoms with Crippen LogP contribution < -0.4 is 4.18 Å². The summed E-state index contributed by atoms with van der Waals surface area (Å²) < 4.78 is 53.6. The molecule has 2 aliphatic carbocycles. The van der Waals surface area contributed by atoms with E-state index in [9.17, 15) is 22.2 Å². The van der Waals surface area contributed by atoms with Crippen molar-refractivity contribution in [3.63, 3.8) is 0 Å². The van der Waals surface area contributed by atoms with E-state index in [0.29, 0.717) is 23.9 Å². The van der Waals surface area contributed by atoms with Crippen molar-refractivity contribution >= 4 is 27.9 Å². The fourth-order valence-electron chi connectivity index (χ4n) is 6.13. The van der Waals surface area contributed by atoms with Crippen molar-refractivity contribution in [2.75, 3.05) is 0 Å². The molecule has 6 rings (SSSR count). The third kappa shape index (κ3) is 3.85. The van der Waals surface area contributed by atoms with Gasteiger partial charge in [-0.05, 0) is 73.6 Å². The van der Waals surface area contributed by atoms with E-state index < -0.39 is 16.6 Å². The standard InChI is InChI=1S/C22H25F3N2O3S/c1-12(4-21(28)27-15-6-13-5-14(8-15)9-16(27)7-13)19-11-26-20-3-2-17(10-18(19)20)30-31(29)22(23,24)25/h2-3,10-16,26H,4-9H2,1H3. The number of nitrogens with zero attached hydrogens (tertiary/aromatic N) is 1. The van der Waals surface area contributed by atoms with Crippen LogP contribution >= 0.6 is 0 Å². The largest absolute Gasteiger partial charge is 0.508 e. The lowest BCUT2D eigenvalue weighted by Gasteiger charge is -2.56. The van der Waals surface area contributed by atoms with Crippen LogP contribution in [-0.4, -0.2) is 37.6 Å². The van der Waals surface area contributed by atoms with Crippen LogP contribution in [-0.2, 0) is 15.9 Å². The molecule has 4 aliphatic rings. The highest BCUT2D eigenvalue weighted by Gasteiger charge is 2.48. The summed E-state index contributed by atoms with van der Waals surface area (Å²) in [5, 5.41) is 0.678. The molecule has 31 heavy (non-hydrogen) atoms. The van der Waals surface area contributed by atoms with Gasteiger partial charge in [0.2, 0.25) is 5.91 Å². The summed E-state index contributed by atoms with van der Waals surface area (Å²) in [6.45, 7) is 1.96. The Morgan fingerprint density at radius 2 is 1.84 bits per heavy atom. The van der Waals surface area contributed by atoms with E-state index in [1.54, 1.807) is 12.3 Å². The first kappa shape index (κ1) is 20.8. The zero-order chi connectivity index (χ0) is 21.9. The zero-order valence-corrected chi connectivity index (χ0v) is 18.0. The van der Waals surface area contributed by atoms with Crippen LogP contribution in [0.3, 0.4) is 0 Å². The number of hydrogen-bond acceptors (Lipinski definition) is 3. The molecular formula is C22H25F3N2O3S. The maximum Gasteiger partial charge on any atom is 0.508 e. The summed E-state index contributed by atoms with van der Waals surface area (Å²) in [5.74, 6) is 1.49. The maximum absolute atomic E-state index is 13.2. The molecule has 9 heteroatoms. The van der Waals surface area contributed by atoms with Crippen molar-refractivity contribution in [2.24, 2.45) is 11.8 Å². The van der Waals surface area contributed by atoms with Crippen molar-refractivity contribution in [1.29, 1.82) is 0 Å². The molecule has 5 nitrogen and oxygen atoms in total. The molecule has 0 radical (unpaired) electrons. The summed E-state index contributed by atoms with van der Waals surface area (Å²) >= 11 is -3.42. The molecule has 2 aliphatic heterocycles. The van der Waals surface area contributed by atoms with E-state index in [2.05, 4.69) is 14.1 Å². The number of nitrogens with one attached hydrogen (secondary N) is 1. The van der Waals surface area contributed by atoms with Gasteiger partial charge in [-0.15, -0.1) is 0 Å². The summed E-state index contributed by atoms with van der Waals surface area (Å²) in [7, 11) is 0. The lowest BCUT2D eigenvalue weighted by molar-refractivity contribution is -0.149. The van der Waals surface area contributed by atoms with Crippen LogP contribution in [0.1, 0.15) is 56.9 Å². The van der Waals surface area contributed by atoms with Gasteiger partial charge in [-0.3, -0.25) is 4.79 Å². The Balaban J connectivity index is 1.32. The second kappa shape index (κ2) is 7.53. The molecule has 2 aromatic rings. The minimum absolute atomic E-state index is 0.109. The van der Waals surface area contributed by atoms with Crippen molar-refractivity contribution in [3.8, 4) is 5.75 Å². The molecule has 1 aromatic carbocycles. The minimum Gasteiger partial charge on any atom is -0.394 e. The fraction of sp³-hybridized carbons (Fsp3) is 0.591. The number of halogens is 3. The number of carbonyl (C=O) groups excluding carboxylic acids is 1. The average Bonchev–Trinajstić information content (AvgIpc) is 3.09. The SMILES string of the molecule is CC(CC(=O)N1C2CC3CC(C2)CC1C3)c1c[nH]c2ccc(OS(=O)C(F)(F)F)cc12. The Labute approximate surface area is 181 Å². The molecule has 168 valence electrons. The first-order chi connectivity index (χ1) is 14.7. The highest BCUT2D eigenvalue weighted by molar-refractivity contribution is 7.81. The highest BCUT2D eigenvalue weighted by Crippen LogP contribution is 2.49. The van der Waals surface area contributed by atoms with Crippen LogP contribution in [0.2, 0.25) is 0 Å². The number of amides is 1. The van der Waals surface area contributed by atoms with Gasteiger partial charge in [0.15, 0.2) is 0 Å². The predicted molar refractivity (Wildman–Crippen MR) is 111 cm³/mol. The molecule has 1 aromatic heterocycles. The molecule has 2 atom stereocenters. The zero-order valence-electron chi connectivity index (χ0n) is 17.2. The summed E-state index contributed by atoms with van der Waals surface area (Å²) in [5.41, 5.74) is -3.37. The lowest BCUT2D eigenvalue weighted by atomic mass is 9.63. The number of aromatic amines is 1. The number of benzene rings is 1. The van der Waals surface area contributed by atoms with Gasteiger partial charge in [-0.2, -0.15) is 13.2 Å². The van der Waals surface area contributed by atoms with Crippen LogP contribution in [0.5, 0.6) is 5.75 Å². The molecule has 4 fully saturated rings. The lowest BCUT2D eigenvalue weighted by Crippen LogP contribution is -2.59. The van der Waals surface area contributed by atoms with E-state index in [-0.39, 0.29) is 17.6 Å². The number of fused-ring (bicyclic) bond motifs is 1. The van der Waals surface area contributed by atoms with Gasteiger partial charge < -0.3 is 14.1 Å². The normalized spacial score (nSPS) is 29.4. The van der Waals surface area contributed by atoms with Gasteiger partial charge in [0.05, 0.1) is 0 Å². The Kier molecular flexibility index (Phi) is 5.07.